The van der Waals surface area contributed by atoms with Gasteiger partial charge in [-0.1, -0.05) is 0 Å². The highest BCUT2D eigenvalue weighted by Gasteiger charge is 2.48. The van der Waals surface area contributed by atoms with E-state index in [0.717, 1.165) is 32.3 Å². The van der Waals surface area contributed by atoms with Crippen molar-refractivity contribution in [3.8, 4) is 0 Å². The van der Waals surface area contributed by atoms with E-state index < -0.39 is 5.79 Å². The summed E-state index contributed by atoms with van der Waals surface area (Å²) in [5.74, 6) is -0.631. The Balaban J connectivity index is 1.50. The molecule has 0 aromatic heterocycles. The van der Waals surface area contributed by atoms with Gasteiger partial charge in [-0.3, -0.25) is 0 Å². The first-order chi connectivity index (χ1) is 13.4. The maximum Gasteiger partial charge on any atom is 0.194 e. The molecule has 0 saturated carbocycles. The molecule has 3 aliphatic heterocycles. The molecule has 1 spiro atoms. The zero-order valence-electron chi connectivity index (χ0n) is 16.2. The zero-order chi connectivity index (χ0) is 18.6. The second kappa shape index (κ2) is 12.3. The van der Waals surface area contributed by atoms with E-state index in [4.69, 9.17) is 37.9 Å². The van der Waals surface area contributed by atoms with Crippen LogP contribution < -0.4 is 0 Å². The number of hydrogen-bond donors (Lipinski definition) is 0. The van der Waals surface area contributed by atoms with E-state index in [1.165, 1.54) is 0 Å². The molecule has 8 heteroatoms. The van der Waals surface area contributed by atoms with Crippen LogP contribution in [0, 0.1) is 0 Å². The summed E-state index contributed by atoms with van der Waals surface area (Å²) in [7, 11) is 0. The summed E-state index contributed by atoms with van der Waals surface area (Å²) in [6.07, 6.45) is 3.63. The van der Waals surface area contributed by atoms with Gasteiger partial charge in [-0.25, -0.2) is 0 Å². The molecule has 3 aliphatic rings. The van der Waals surface area contributed by atoms with Crippen LogP contribution in [0.15, 0.2) is 0 Å². The lowest BCUT2D eigenvalue weighted by molar-refractivity contribution is -0.338. The van der Waals surface area contributed by atoms with Gasteiger partial charge >= 0.3 is 0 Å². The predicted molar refractivity (Wildman–Crippen MR) is 95.9 cm³/mol. The Morgan fingerprint density at radius 2 is 1.15 bits per heavy atom. The van der Waals surface area contributed by atoms with Crippen LogP contribution in [-0.2, 0) is 37.9 Å². The minimum absolute atomic E-state index is 0.0117. The molecule has 3 heterocycles. The van der Waals surface area contributed by atoms with Crippen molar-refractivity contribution < 1.29 is 37.9 Å². The Bertz CT molecular complexity index is 388. The fraction of sp³-hybridized carbons (Fsp3) is 1.00. The van der Waals surface area contributed by atoms with E-state index in [2.05, 4.69) is 0 Å². The summed E-state index contributed by atoms with van der Waals surface area (Å²) < 4.78 is 46.3. The van der Waals surface area contributed by atoms with E-state index in [-0.39, 0.29) is 12.2 Å². The standard InChI is InChI=1S/C19H34O8/c1-2-4-26-19(3-1)18-15-17(16-27-19)24-13-11-22-9-7-20-5-6-21-8-10-23-12-14-25-18/h17-18H,1-16H2/t17-,18+,19+/m1/s1. The normalized spacial score (nSPS) is 36.4. The Hall–Kier alpha value is -0.320. The van der Waals surface area contributed by atoms with Crippen molar-refractivity contribution in [1.29, 1.82) is 0 Å². The van der Waals surface area contributed by atoms with Gasteiger partial charge in [0.1, 0.15) is 6.10 Å². The van der Waals surface area contributed by atoms with E-state index >= 15 is 0 Å². The predicted octanol–water partition coefficient (Wildman–Crippen LogP) is 1.15. The molecule has 3 saturated heterocycles. The lowest BCUT2D eigenvalue weighted by Crippen LogP contribution is -2.57. The Kier molecular flexibility index (Phi) is 9.73. The third kappa shape index (κ3) is 7.21. The first kappa shape index (κ1) is 21.4. The van der Waals surface area contributed by atoms with Gasteiger partial charge in [0.05, 0.1) is 85.4 Å². The second-order valence-corrected chi connectivity index (χ2v) is 6.97. The summed E-state index contributed by atoms with van der Waals surface area (Å²) in [4.78, 5) is 0. The fourth-order valence-corrected chi connectivity index (χ4v) is 3.57. The average Bonchev–Trinajstić information content (AvgIpc) is 2.70. The van der Waals surface area contributed by atoms with Crippen molar-refractivity contribution in [3.05, 3.63) is 0 Å². The summed E-state index contributed by atoms with van der Waals surface area (Å²) in [5.41, 5.74) is 0. The van der Waals surface area contributed by atoms with Crippen molar-refractivity contribution in [2.75, 3.05) is 79.3 Å². The third-order valence-corrected chi connectivity index (χ3v) is 4.99. The van der Waals surface area contributed by atoms with Gasteiger partial charge in [-0.2, -0.15) is 0 Å². The molecule has 0 N–H and O–H groups in total. The van der Waals surface area contributed by atoms with E-state index in [9.17, 15) is 0 Å². The molecular weight excluding hydrogens is 356 g/mol. The molecule has 3 atom stereocenters. The minimum Gasteiger partial charge on any atom is -0.377 e. The Morgan fingerprint density at radius 1 is 0.556 bits per heavy atom. The van der Waals surface area contributed by atoms with Crippen LogP contribution in [0.2, 0.25) is 0 Å². The first-order valence-electron chi connectivity index (χ1n) is 10.2. The average molecular weight is 390 g/mol. The quantitative estimate of drug-likeness (QED) is 0.610. The Labute approximate surface area is 161 Å². The van der Waals surface area contributed by atoms with Crippen LogP contribution in [0.3, 0.4) is 0 Å². The Morgan fingerprint density at radius 3 is 1.74 bits per heavy atom. The highest BCUT2D eigenvalue weighted by molar-refractivity contribution is 4.90. The molecule has 27 heavy (non-hydrogen) atoms. The fourth-order valence-electron chi connectivity index (χ4n) is 3.57. The van der Waals surface area contributed by atoms with Gasteiger partial charge in [0, 0.05) is 12.8 Å². The van der Waals surface area contributed by atoms with Crippen LogP contribution in [0.25, 0.3) is 0 Å². The van der Waals surface area contributed by atoms with Crippen LogP contribution in [0.5, 0.6) is 0 Å². The van der Waals surface area contributed by atoms with Gasteiger partial charge < -0.3 is 37.9 Å². The van der Waals surface area contributed by atoms with Crippen molar-refractivity contribution in [2.24, 2.45) is 0 Å². The lowest BCUT2D eigenvalue weighted by atomic mass is 9.93. The maximum absolute atomic E-state index is 6.14. The van der Waals surface area contributed by atoms with Crippen molar-refractivity contribution in [3.63, 3.8) is 0 Å². The van der Waals surface area contributed by atoms with E-state index in [1.54, 1.807) is 0 Å². The van der Waals surface area contributed by atoms with E-state index in [1.807, 2.05) is 0 Å². The van der Waals surface area contributed by atoms with Gasteiger partial charge in [0.25, 0.3) is 0 Å². The summed E-state index contributed by atoms with van der Waals surface area (Å²) in [6.45, 7) is 6.65. The number of fused-ring (bicyclic) bond motifs is 3. The molecule has 0 aliphatic carbocycles. The molecule has 0 aromatic carbocycles. The van der Waals surface area contributed by atoms with Crippen molar-refractivity contribution >= 4 is 0 Å². The molecule has 0 aromatic rings. The van der Waals surface area contributed by atoms with Crippen LogP contribution >= 0.6 is 0 Å². The van der Waals surface area contributed by atoms with Crippen LogP contribution in [-0.4, -0.2) is 97.3 Å². The maximum atomic E-state index is 6.14. The smallest absolute Gasteiger partial charge is 0.194 e. The molecule has 3 fully saturated rings. The molecule has 3 rings (SSSR count). The SMILES string of the molecule is C1CC[C@]2(OC1)OC[C@H]1C[C@@H]2OCCOCCOCCOCCOCCO1. The van der Waals surface area contributed by atoms with Gasteiger partial charge in [0.2, 0.25) is 0 Å². The lowest BCUT2D eigenvalue weighted by Gasteiger charge is -2.47. The number of hydrogen-bond acceptors (Lipinski definition) is 8. The zero-order valence-corrected chi connectivity index (χ0v) is 16.2. The third-order valence-electron chi connectivity index (χ3n) is 4.99. The largest absolute Gasteiger partial charge is 0.377 e. The molecule has 0 amide bonds. The molecule has 0 radical (unpaired) electrons. The molecule has 2 bridgehead atoms. The van der Waals surface area contributed by atoms with Crippen LogP contribution in [0.1, 0.15) is 25.7 Å². The van der Waals surface area contributed by atoms with Crippen molar-refractivity contribution in [2.45, 2.75) is 43.7 Å². The molecule has 8 nitrogen and oxygen atoms in total. The molecule has 0 unspecified atom stereocenters. The minimum atomic E-state index is -0.631. The molecule has 158 valence electrons. The first-order valence-corrected chi connectivity index (χ1v) is 10.2. The number of ether oxygens (including phenoxy) is 8. The number of rotatable bonds is 0. The highest BCUT2D eigenvalue weighted by Crippen LogP contribution is 2.37. The summed E-state index contributed by atoms with van der Waals surface area (Å²) in [5, 5.41) is 0. The summed E-state index contributed by atoms with van der Waals surface area (Å²) >= 11 is 0. The van der Waals surface area contributed by atoms with Crippen LogP contribution in [0.4, 0.5) is 0 Å². The topological polar surface area (TPSA) is 73.8 Å². The highest BCUT2D eigenvalue weighted by atomic mass is 16.7. The van der Waals surface area contributed by atoms with Crippen molar-refractivity contribution in [1.82, 2.24) is 0 Å². The van der Waals surface area contributed by atoms with Gasteiger partial charge in [0.15, 0.2) is 5.79 Å². The monoisotopic (exact) mass is 390 g/mol. The summed E-state index contributed by atoms with van der Waals surface area (Å²) in [6, 6.07) is 0. The molecular formula is C19H34O8. The van der Waals surface area contributed by atoms with E-state index in [0.29, 0.717) is 72.7 Å². The second-order valence-electron chi connectivity index (χ2n) is 6.97. The van der Waals surface area contributed by atoms with Gasteiger partial charge in [-0.05, 0) is 12.8 Å². The van der Waals surface area contributed by atoms with Gasteiger partial charge in [-0.15, -0.1) is 0 Å².